The summed E-state index contributed by atoms with van der Waals surface area (Å²) >= 11 is 0. The Kier molecular flexibility index (Phi) is 8.00. The van der Waals surface area contributed by atoms with Crippen molar-refractivity contribution in [3.63, 3.8) is 0 Å². The number of aromatic carboxylic acids is 1. The fourth-order valence-corrected chi connectivity index (χ4v) is 12.3. The Morgan fingerprint density at radius 3 is 2.40 bits per heavy atom. The molecule has 5 aliphatic carbocycles. The molecule has 4 saturated carbocycles. The summed E-state index contributed by atoms with van der Waals surface area (Å²) in [4.78, 5) is 13.7. The van der Waals surface area contributed by atoms with Gasteiger partial charge in [0.15, 0.2) is 0 Å². The molecule has 0 spiro atoms. The van der Waals surface area contributed by atoms with Crippen molar-refractivity contribution in [1.82, 2.24) is 10.2 Å². The highest BCUT2D eigenvalue weighted by molar-refractivity contribution is 5.88. The number of carboxylic acid groups (broad SMARTS) is 1. The van der Waals surface area contributed by atoms with Gasteiger partial charge in [0.05, 0.1) is 5.56 Å². The zero-order valence-electron chi connectivity index (χ0n) is 27.5. The van der Waals surface area contributed by atoms with Crippen molar-refractivity contribution >= 4 is 11.5 Å². The molecule has 232 valence electrons. The van der Waals surface area contributed by atoms with Crippen LogP contribution in [-0.2, 0) is 0 Å². The number of allylic oxidation sites excluding steroid dienone is 2. The van der Waals surface area contributed by atoms with Crippen molar-refractivity contribution in [3.8, 4) is 0 Å². The molecule has 4 heteroatoms. The van der Waals surface area contributed by atoms with Gasteiger partial charge in [0.2, 0.25) is 0 Å². The predicted octanol–water partition coefficient (Wildman–Crippen LogP) is 8.38. The molecule has 9 atom stereocenters. The Hall–Kier alpha value is -1.65. The molecule has 1 aromatic rings. The molecule has 0 amide bonds. The van der Waals surface area contributed by atoms with E-state index in [1.807, 2.05) is 12.1 Å². The van der Waals surface area contributed by atoms with Gasteiger partial charge in [-0.15, -0.1) is 0 Å². The Morgan fingerprint density at radius 1 is 0.929 bits per heavy atom. The van der Waals surface area contributed by atoms with Crippen molar-refractivity contribution in [3.05, 3.63) is 41.5 Å². The van der Waals surface area contributed by atoms with Crippen LogP contribution in [0.15, 0.2) is 30.3 Å². The molecule has 6 rings (SSSR count). The molecule has 0 saturated heterocycles. The number of carboxylic acids is 1. The van der Waals surface area contributed by atoms with Crippen molar-refractivity contribution in [2.75, 3.05) is 33.7 Å². The van der Waals surface area contributed by atoms with E-state index in [0.717, 1.165) is 24.3 Å². The molecule has 1 aromatic carbocycles. The second-order valence-corrected chi connectivity index (χ2v) is 16.5. The smallest absolute Gasteiger partial charge is 0.335 e. The average Bonchev–Trinajstić information content (AvgIpc) is 3.37. The second-order valence-electron chi connectivity index (χ2n) is 16.5. The quantitative estimate of drug-likeness (QED) is 0.306. The fourth-order valence-electron chi connectivity index (χ4n) is 12.3. The molecule has 4 nitrogen and oxygen atoms in total. The number of carbonyl (C=O) groups is 1. The largest absolute Gasteiger partial charge is 0.478 e. The normalized spacial score (nSPS) is 42.7. The van der Waals surface area contributed by atoms with Crippen LogP contribution in [0.5, 0.6) is 0 Å². The maximum Gasteiger partial charge on any atom is 0.335 e. The Labute approximate surface area is 256 Å². The number of fused-ring (bicyclic) bond motifs is 7. The molecule has 0 aliphatic heterocycles. The first-order valence-electron chi connectivity index (χ1n) is 17.3. The highest BCUT2D eigenvalue weighted by Gasteiger charge is 2.68. The first-order chi connectivity index (χ1) is 20.0. The van der Waals surface area contributed by atoms with Gasteiger partial charge in [-0.2, -0.15) is 0 Å². The predicted molar refractivity (Wildman–Crippen MR) is 173 cm³/mol. The van der Waals surface area contributed by atoms with E-state index in [4.69, 9.17) is 0 Å². The van der Waals surface area contributed by atoms with Crippen molar-refractivity contribution in [2.45, 2.75) is 98.3 Å². The first-order valence-corrected chi connectivity index (χ1v) is 17.3. The monoisotopic (exact) mass is 574 g/mol. The third kappa shape index (κ3) is 4.64. The molecule has 4 fully saturated rings. The minimum Gasteiger partial charge on any atom is -0.478 e. The third-order valence-corrected chi connectivity index (χ3v) is 14.6. The van der Waals surface area contributed by atoms with E-state index in [2.05, 4.69) is 58.1 Å². The lowest BCUT2D eigenvalue weighted by Crippen LogP contribution is -2.64. The topological polar surface area (TPSA) is 52.6 Å². The number of nitrogens with one attached hydrogen (secondary N) is 1. The van der Waals surface area contributed by atoms with E-state index >= 15 is 0 Å². The van der Waals surface area contributed by atoms with E-state index in [0.29, 0.717) is 39.1 Å². The van der Waals surface area contributed by atoms with Crippen LogP contribution in [0.3, 0.4) is 0 Å². The first kappa shape index (κ1) is 30.4. The van der Waals surface area contributed by atoms with Gasteiger partial charge in [0.1, 0.15) is 0 Å². The summed E-state index contributed by atoms with van der Waals surface area (Å²) in [5, 5.41) is 13.3. The van der Waals surface area contributed by atoms with E-state index in [-0.39, 0.29) is 0 Å². The lowest BCUT2D eigenvalue weighted by atomic mass is 9.33. The van der Waals surface area contributed by atoms with Crippen LogP contribution in [0.4, 0.5) is 0 Å². The number of nitrogens with zero attached hydrogens (tertiary/aromatic N) is 1. The zero-order valence-corrected chi connectivity index (χ0v) is 27.5. The molecular weight excluding hydrogens is 516 g/mol. The van der Waals surface area contributed by atoms with Gasteiger partial charge in [-0.3, -0.25) is 0 Å². The average molecular weight is 575 g/mol. The molecule has 0 heterocycles. The van der Waals surface area contributed by atoms with Crippen LogP contribution in [0, 0.1) is 51.2 Å². The minimum atomic E-state index is -0.843. The summed E-state index contributed by atoms with van der Waals surface area (Å²) in [6.45, 7) is 14.2. The van der Waals surface area contributed by atoms with Crippen LogP contribution < -0.4 is 5.32 Å². The molecule has 0 bridgehead atoms. The lowest BCUT2D eigenvalue weighted by molar-refractivity contribution is -0.217. The highest BCUT2D eigenvalue weighted by atomic mass is 16.4. The zero-order chi connectivity index (χ0) is 29.9. The molecule has 8 unspecified atom stereocenters. The molecule has 0 aromatic heterocycles. The van der Waals surface area contributed by atoms with Crippen molar-refractivity contribution in [2.24, 2.45) is 51.2 Å². The molecule has 5 aliphatic rings. The lowest BCUT2D eigenvalue weighted by Gasteiger charge is -2.71. The molecule has 0 radical (unpaired) electrons. The van der Waals surface area contributed by atoms with E-state index < -0.39 is 5.97 Å². The Morgan fingerprint density at radius 2 is 1.69 bits per heavy atom. The second kappa shape index (κ2) is 11.1. The van der Waals surface area contributed by atoms with E-state index in [9.17, 15) is 9.90 Å². The van der Waals surface area contributed by atoms with Gasteiger partial charge in [-0.1, -0.05) is 52.3 Å². The summed E-state index contributed by atoms with van der Waals surface area (Å²) in [6.07, 6.45) is 17.7. The number of hydrogen-bond donors (Lipinski definition) is 2. The highest BCUT2D eigenvalue weighted by Crippen LogP contribution is 2.76. The maximum absolute atomic E-state index is 11.4. The van der Waals surface area contributed by atoms with Crippen LogP contribution in [-0.4, -0.2) is 49.7 Å². The number of rotatable bonds is 8. The van der Waals surface area contributed by atoms with E-state index in [1.165, 1.54) is 94.9 Å². The Bertz CT molecular complexity index is 1190. The summed E-state index contributed by atoms with van der Waals surface area (Å²) < 4.78 is 0. The summed E-state index contributed by atoms with van der Waals surface area (Å²) in [5.74, 6) is 2.96. The van der Waals surface area contributed by atoms with Gasteiger partial charge >= 0.3 is 5.97 Å². The standard InChI is InChI=1S/C38H58N2O2/c1-26-29(27-10-12-28(13-11-27)34(41)42)16-19-35(2)30(26)17-20-37(4)33(35)15-14-31-32-9-7-18-38(32,22-21-36(31,37)3)25-39-23-8-24-40(5)6/h10-13,16,26,30-33,39H,7-9,14-15,17-25H2,1-6H3,(H,41,42)/t26?,30?,31?,32?,33?,35?,36-,37?,38?/m1/s1. The number of benzene rings is 1. The Balaban J connectivity index is 1.22. The minimum absolute atomic E-state index is 0.350. The van der Waals surface area contributed by atoms with Crippen LogP contribution >= 0.6 is 0 Å². The van der Waals surface area contributed by atoms with Gasteiger partial charge in [0, 0.05) is 6.54 Å². The van der Waals surface area contributed by atoms with Gasteiger partial charge < -0.3 is 15.3 Å². The molecule has 2 N–H and O–H groups in total. The SMILES string of the molecule is CC1C(c2ccc(C(=O)O)cc2)=CCC2(C)C1CCC1(C)C2CCC2C3CCCC3(CNCCCN(C)C)CC[C@]21C. The van der Waals surface area contributed by atoms with Crippen LogP contribution in [0.2, 0.25) is 0 Å². The van der Waals surface area contributed by atoms with Gasteiger partial charge in [0.25, 0.3) is 0 Å². The van der Waals surface area contributed by atoms with Gasteiger partial charge in [-0.25, -0.2) is 4.79 Å². The van der Waals surface area contributed by atoms with E-state index in [1.54, 1.807) is 12.1 Å². The van der Waals surface area contributed by atoms with Crippen LogP contribution in [0.1, 0.15) is 114 Å². The van der Waals surface area contributed by atoms with Crippen molar-refractivity contribution in [1.29, 1.82) is 0 Å². The fraction of sp³-hybridized carbons (Fsp3) is 0.763. The van der Waals surface area contributed by atoms with Gasteiger partial charge in [-0.05, 0) is 166 Å². The summed E-state index contributed by atoms with van der Waals surface area (Å²) in [5.41, 5.74) is 4.81. The van der Waals surface area contributed by atoms with Crippen molar-refractivity contribution < 1.29 is 9.90 Å². The molecule has 42 heavy (non-hydrogen) atoms. The summed E-state index contributed by atoms with van der Waals surface area (Å²) in [7, 11) is 4.37. The van der Waals surface area contributed by atoms with Crippen LogP contribution in [0.25, 0.3) is 5.57 Å². The maximum atomic E-state index is 11.4. The third-order valence-electron chi connectivity index (χ3n) is 14.6. The summed E-state index contributed by atoms with van der Waals surface area (Å²) in [6, 6.07) is 7.65. The molecular formula is C38H58N2O2. The number of hydrogen-bond acceptors (Lipinski definition) is 3.